The van der Waals surface area contributed by atoms with Crippen LogP contribution in [0.3, 0.4) is 0 Å². The number of carbonyl (C=O) groups is 2. The van der Waals surface area contributed by atoms with Crippen LogP contribution in [0, 0.1) is 17.8 Å². The van der Waals surface area contributed by atoms with Crippen LogP contribution in [0.15, 0.2) is 24.3 Å². The maximum Gasteiger partial charge on any atom is 0.416 e. The number of piperidine rings is 1. The lowest BCUT2D eigenvalue weighted by Gasteiger charge is -2.19. The van der Waals surface area contributed by atoms with Gasteiger partial charge in [-0.3, -0.25) is 14.5 Å². The molecule has 1 aliphatic carbocycles. The summed E-state index contributed by atoms with van der Waals surface area (Å²) in [5.41, 5.74) is -0.978. The first-order chi connectivity index (χ1) is 9.36. The molecule has 1 N–H and O–H groups in total. The van der Waals surface area contributed by atoms with Gasteiger partial charge in [0.1, 0.15) is 0 Å². The van der Waals surface area contributed by atoms with E-state index in [1.165, 1.54) is 6.07 Å². The molecule has 0 aromatic heterocycles. The number of aliphatic hydroxyl groups excluding tert-OH is 1. The van der Waals surface area contributed by atoms with Crippen molar-refractivity contribution in [1.82, 2.24) is 0 Å². The summed E-state index contributed by atoms with van der Waals surface area (Å²) in [6.45, 7) is -0.261. The third-order valence-corrected chi connectivity index (χ3v) is 3.82. The van der Waals surface area contributed by atoms with Crippen LogP contribution in [0.4, 0.5) is 18.9 Å². The average Bonchev–Trinajstić information content (AvgIpc) is 3.06. The molecular weight excluding hydrogens is 275 g/mol. The van der Waals surface area contributed by atoms with Crippen LogP contribution >= 0.6 is 0 Å². The van der Waals surface area contributed by atoms with Crippen LogP contribution in [0.5, 0.6) is 0 Å². The molecule has 1 saturated heterocycles. The first-order valence-corrected chi connectivity index (χ1v) is 6.02. The van der Waals surface area contributed by atoms with E-state index >= 15 is 0 Å². The second-order valence-electron chi connectivity index (χ2n) is 4.96. The number of hydrogen-bond acceptors (Lipinski definition) is 3. The Balaban J connectivity index is 1.92. The Bertz CT molecular complexity index is 577. The fourth-order valence-electron chi connectivity index (χ4n) is 2.76. The topological polar surface area (TPSA) is 57.6 Å². The number of fused-ring (bicyclic) bond motifs is 1. The third-order valence-electron chi connectivity index (χ3n) is 3.82. The molecule has 2 atom stereocenters. The largest absolute Gasteiger partial charge is 0.416 e. The van der Waals surface area contributed by atoms with Crippen LogP contribution < -0.4 is 4.90 Å². The van der Waals surface area contributed by atoms with Gasteiger partial charge in [-0.05, 0) is 18.2 Å². The summed E-state index contributed by atoms with van der Waals surface area (Å²) >= 11 is 0. The number of anilines is 1. The Kier molecular flexibility index (Phi) is 2.66. The molecule has 3 rings (SSSR count). The van der Waals surface area contributed by atoms with E-state index < -0.39 is 35.4 Å². The van der Waals surface area contributed by atoms with Crippen LogP contribution in [0.2, 0.25) is 0 Å². The summed E-state index contributed by atoms with van der Waals surface area (Å²) in [5, 5.41) is 8.98. The van der Waals surface area contributed by atoms with Crippen molar-refractivity contribution in [3.63, 3.8) is 0 Å². The maximum atomic E-state index is 12.6. The van der Waals surface area contributed by atoms with E-state index in [0.29, 0.717) is 0 Å². The lowest BCUT2D eigenvalue weighted by Crippen LogP contribution is -2.35. The van der Waals surface area contributed by atoms with Gasteiger partial charge in [-0.25, -0.2) is 0 Å². The molecular formula is C13H10F3NO3. The molecule has 0 bridgehead atoms. The van der Waals surface area contributed by atoms with Gasteiger partial charge in [-0.15, -0.1) is 0 Å². The Hall–Kier alpha value is -1.89. The van der Waals surface area contributed by atoms with E-state index in [9.17, 15) is 22.8 Å². The monoisotopic (exact) mass is 285 g/mol. The van der Waals surface area contributed by atoms with E-state index in [2.05, 4.69) is 0 Å². The lowest BCUT2D eigenvalue weighted by atomic mass is 10.1. The quantitative estimate of drug-likeness (QED) is 0.836. The SMILES string of the molecule is O=C1C2C(CO)C2C(=O)N1c1cccc(C(F)(F)F)c1. The second-order valence-corrected chi connectivity index (χ2v) is 4.96. The minimum atomic E-state index is -4.53. The van der Waals surface area contributed by atoms with E-state index in [1.54, 1.807) is 0 Å². The third kappa shape index (κ3) is 1.73. The zero-order chi connectivity index (χ0) is 14.7. The van der Waals surface area contributed by atoms with Gasteiger partial charge in [0.05, 0.1) is 23.1 Å². The number of amides is 2. The fraction of sp³-hybridized carbons (Fsp3) is 0.385. The number of rotatable bonds is 2. The van der Waals surface area contributed by atoms with Gasteiger partial charge < -0.3 is 5.11 Å². The molecule has 1 saturated carbocycles. The van der Waals surface area contributed by atoms with Crippen molar-refractivity contribution in [2.24, 2.45) is 17.8 Å². The number of halogens is 3. The maximum absolute atomic E-state index is 12.6. The minimum Gasteiger partial charge on any atom is -0.396 e. The lowest BCUT2D eigenvalue weighted by molar-refractivity contribution is -0.137. The van der Waals surface area contributed by atoms with Crippen LogP contribution in [-0.2, 0) is 15.8 Å². The summed E-state index contributed by atoms with van der Waals surface area (Å²) in [7, 11) is 0. The summed E-state index contributed by atoms with van der Waals surface area (Å²) < 4.78 is 37.9. The highest BCUT2D eigenvalue weighted by atomic mass is 19.4. The fourth-order valence-corrected chi connectivity index (χ4v) is 2.76. The van der Waals surface area contributed by atoms with Crippen LogP contribution in [-0.4, -0.2) is 23.5 Å². The average molecular weight is 285 g/mol. The Morgan fingerprint density at radius 2 is 1.75 bits per heavy atom. The van der Waals surface area contributed by atoms with E-state index in [0.717, 1.165) is 23.1 Å². The van der Waals surface area contributed by atoms with Crippen LogP contribution in [0.25, 0.3) is 0 Å². The summed E-state index contributed by atoms with van der Waals surface area (Å²) in [5.74, 6) is -2.60. The highest BCUT2D eigenvalue weighted by Gasteiger charge is 2.67. The molecule has 106 valence electrons. The smallest absolute Gasteiger partial charge is 0.396 e. The first kappa shape index (κ1) is 13.1. The number of imide groups is 1. The molecule has 2 aliphatic rings. The molecule has 1 aromatic carbocycles. The molecule has 2 unspecified atom stereocenters. The van der Waals surface area contributed by atoms with Gasteiger partial charge >= 0.3 is 6.18 Å². The molecule has 20 heavy (non-hydrogen) atoms. The van der Waals surface area contributed by atoms with Gasteiger partial charge in [-0.2, -0.15) is 13.2 Å². The predicted molar refractivity (Wildman–Crippen MR) is 61.5 cm³/mol. The molecule has 2 amide bonds. The molecule has 2 fully saturated rings. The van der Waals surface area contributed by atoms with Gasteiger partial charge in [0.25, 0.3) is 0 Å². The normalized spacial score (nSPS) is 28.8. The molecule has 1 aromatic rings. The van der Waals surface area contributed by atoms with Crippen molar-refractivity contribution in [3.8, 4) is 0 Å². The van der Waals surface area contributed by atoms with E-state index in [-0.39, 0.29) is 18.2 Å². The number of alkyl halides is 3. The van der Waals surface area contributed by atoms with Gasteiger partial charge in [0.15, 0.2) is 0 Å². The standard InChI is InChI=1S/C13H10F3NO3/c14-13(15,16)6-2-1-3-7(4-6)17-11(19)9-8(5-18)10(9)12(17)20/h1-4,8-10,18H,5H2. The zero-order valence-corrected chi connectivity index (χ0v) is 10.1. The number of nitrogens with zero attached hydrogens (tertiary/aromatic N) is 1. The predicted octanol–water partition coefficient (Wildman–Crippen LogP) is 1.43. The van der Waals surface area contributed by atoms with E-state index in [4.69, 9.17) is 5.11 Å². The number of benzene rings is 1. The Labute approximate surface area is 111 Å². The molecule has 0 spiro atoms. The van der Waals surface area contributed by atoms with Crippen molar-refractivity contribution < 1.29 is 27.9 Å². The molecule has 4 nitrogen and oxygen atoms in total. The molecule has 7 heteroatoms. The van der Waals surface area contributed by atoms with Crippen molar-refractivity contribution in [1.29, 1.82) is 0 Å². The van der Waals surface area contributed by atoms with Crippen LogP contribution in [0.1, 0.15) is 5.56 Å². The van der Waals surface area contributed by atoms with Gasteiger partial charge in [0, 0.05) is 12.5 Å². The molecule has 0 radical (unpaired) electrons. The van der Waals surface area contributed by atoms with Gasteiger partial charge in [0.2, 0.25) is 11.8 Å². The highest BCUT2D eigenvalue weighted by molar-refractivity contribution is 6.25. The Morgan fingerprint density at radius 3 is 2.25 bits per heavy atom. The first-order valence-electron chi connectivity index (χ1n) is 6.02. The number of aliphatic hydroxyl groups is 1. The number of carbonyl (C=O) groups excluding carboxylic acids is 2. The van der Waals surface area contributed by atoms with Crippen molar-refractivity contribution >= 4 is 17.5 Å². The number of hydrogen-bond donors (Lipinski definition) is 1. The molecule has 1 aliphatic heterocycles. The molecule has 1 heterocycles. The van der Waals surface area contributed by atoms with Crippen molar-refractivity contribution in [2.45, 2.75) is 6.18 Å². The Morgan fingerprint density at radius 1 is 1.15 bits per heavy atom. The van der Waals surface area contributed by atoms with E-state index in [1.807, 2.05) is 0 Å². The second kappa shape index (κ2) is 4.05. The van der Waals surface area contributed by atoms with Crippen molar-refractivity contribution in [2.75, 3.05) is 11.5 Å². The van der Waals surface area contributed by atoms with Crippen molar-refractivity contribution in [3.05, 3.63) is 29.8 Å². The summed E-state index contributed by atoms with van der Waals surface area (Å²) in [4.78, 5) is 24.8. The summed E-state index contributed by atoms with van der Waals surface area (Å²) in [6.07, 6.45) is -4.53. The van der Waals surface area contributed by atoms with Gasteiger partial charge in [-0.1, -0.05) is 6.07 Å². The highest BCUT2D eigenvalue weighted by Crippen LogP contribution is 2.54. The zero-order valence-electron chi connectivity index (χ0n) is 10.1. The summed E-state index contributed by atoms with van der Waals surface area (Å²) in [6, 6.07) is 4.12. The minimum absolute atomic E-state index is 0.0706.